The third kappa shape index (κ3) is 4.38. The SMILES string of the molecule is CCC(N)(CC)CNC(=O)c1ccc2c(c1)NC(=O)CS2.Cl. The van der Waals surface area contributed by atoms with E-state index in [1.807, 2.05) is 19.9 Å². The van der Waals surface area contributed by atoms with Crippen molar-refractivity contribution in [2.45, 2.75) is 37.1 Å². The minimum absolute atomic E-state index is 0. The maximum absolute atomic E-state index is 12.2. The molecule has 4 N–H and O–H groups in total. The molecule has 1 aliphatic rings. The Morgan fingerprint density at radius 1 is 1.41 bits per heavy atom. The summed E-state index contributed by atoms with van der Waals surface area (Å²) in [6, 6.07) is 5.35. The molecule has 0 bridgehead atoms. The van der Waals surface area contributed by atoms with Gasteiger partial charge in [-0.25, -0.2) is 0 Å². The van der Waals surface area contributed by atoms with Gasteiger partial charge in [-0.2, -0.15) is 0 Å². The van der Waals surface area contributed by atoms with Gasteiger partial charge in [0.15, 0.2) is 0 Å². The fourth-order valence-corrected chi connectivity index (χ4v) is 2.87. The Labute approximate surface area is 141 Å². The quantitative estimate of drug-likeness (QED) is 0.766. The van der Waals surface area contributed by atoms with E-state index in [9.17, 15) is 9.59 Å². The van der Waals surface area contributed by atoms with E-state index in [0.29, 0.717) is 23.5 Å². The lowest BCUT2D eigenvalue weighted by molar-refractivity contribution is -0.113. The predicted octanol–water partition coefficient (Wildman–Crippen LogP) is 2.40. The zero-order chi connectivity index (χ0) is 15.5. The van der Waals surface area contributed by atoms with Gasteiger partial charge in [-0.05, 0) is 31.0 Å². The molecule has 0 aromatic heterocycles. The summed E-state index contributed by atoms with van der Waals surface area (Å²) in [6.45, 7) is 4.47. The summed E-state index contributed by atoms with van der Waals surface area (Å²) in [4.78, 5) is 24.6. The highest BCUT2D eigenvalue weighted by molar-refractivity contribution is 8.00. The van der Waals surface area contributed by atoms with Crippen molar-refractivity contribution in [2.75, 3.05) is 17.6 Å². The molecule has 2 rings (SSSR count). The molecular formula is C15H22ClN3O2S. The Morgan fingerprint density at radius 3 is 2.73 bits per heavy atom. The van der Waals surface area contributed by atoms with Gasteiger partial charge >= 0.3 is 0 Å². The highest BCUT2D eigenvalue weighted by Gasteiger charge is 2.22. The first-order valence-electron chi connectivity index (χ1n) is 7.11. The van der Waals surface area contributed by atoms with Crippen molar-refractivity contribution >= 4 is 41.7 Å². The molecule has 1 aliphatic heterocycles. The van der Waals surface area contributed by atoms with Crippen molar-refractivity contribution in [1.29, 1.82) is 0 Å². The van der Waals surface area contributed by atoms with Gasteiger partial charge in [0.25, 0.3) is 5.91 Å². The van der Waals surface area contributed by atoms with Crippen LogP contribution in [0.25, 0.3) is 0 Å². The van der Waals surface area contributed by atoms with Crippen LogP contribution in [0, 0.1) is 0 Å². The van der Waals surface area contributed by atoms with E-state index in [1.54, 1.807) is 12.1 Å². The molecule has 22 heavy (non-hydrogen) atoms. The van der Waals surface area contributed by atoms with E-state index in [-0.39, 0.29) is 29.8 Å². The van der Waals surface area contributed by atoms with E-state index >= 15 is 0 Å². The van der Waals surface area contributed by atoms with Gasteiger partial charge in [0.05, 0.1) is 11.4 Å². The van der Waals surface area contributed by atoms with Crippen molar-refractivity contribution in [1.82, 2.24) is 5.32 Å². The molecule has 0 aliphatic carbocycles. The second-order valence-corrected chi connectivity index (χ2v) is 6.32. The molecule has 0 fully saturated rings. The van der Waals surface area contributed by atoms with Crippen molar-refractivity contribution in [3.8, 4) is 0 Å². The fraction of sp³-hybridized carbons (Fsp3) is 0.467. The molecule has 1 aromatic rings. The Kier molecular flexibility index (Phi) is 6.71. The highest BCUT2D eigenvalue weighted by Crippen LogP contribution is 2.31. The Balaban J connectivity index is 0.00000242. The van der Waals surface area contributed by atoms with Crippen molar-refractivity contribution in [3.63, 3.8) is 0 Å². The molecule has 0 saturated carbocycles. The summed E-state index contributed by atoms with van der Waals surface area (Å²) >= 11 is 1.48. The average molecular weight is 344 g/mol. The number of nitrogens with one attached hydrogen (secondary N) is 2. The van der Waals surface area contributed by atoms with E-state index < -0.39 is 0 Å². The van der Waals surface area contributed by atoms with Crippen LogP contribution in [0.1, 0.15) is 37.0 Å². The number of rotatable bonds is 5. The molecule has 1 heterocycles. The normalized spacial score (nSPS) is 13.7. The van der Waals surface area contributed by atoms with Gasteiger partial charge < -0.3 is 16.4 Å². The second-order valence-electron chi connectivity index (χ2n) is 5.30. The molecule has 0 unspecified atom stereocenters. The number of amides is 2. The van der Waals surface area contributed by atoms with Gasteiger partial charge in [0.2, 0.25) is 5.91 Å². The Bertz CT molecular complexity index is 562. The third-order valence-corrected chi connectivity index (χ3v) is 4.96. The Morgan fingerprint density at radius 2 is 2.09 bits per heavy atom. The zero-order valence-corrected chi connectivity index (χ0v) is 14.4. The molecule has 1 aromatic carbocycles. The number of halogens is 1. The highest BCUT2D eigenvalue weighted by atomic mass is 35.5. The van der Waals surface area contributed by atoms with Gasteiger partial charge in [-0.15, -0.1) is 24.2 Å². The average Bonchev–Trinajstić information content (AvgIpc) is 2.51. The number of benzene rings is 1. The maximum atomic E-state index is 12.2. The van der Waals surface area contributed by atoms with Gasteiger partial charge in [0, 0.05) is 22.5 Å². The van der Waals surface area contributed by atoms with Crippen LogP contribution in [0.5, 0.6) is 0 Å². The smallest absolute Gasteiger partial charge is 0.251 e. The van der Waals surface area contributed by atoms with Gasteiger partial charge in [-0.1, -0.05) is 13.8 Å². The van der Waals surface area contributed by atoms with Crippen LogP contribution in [0.2, 0.25) is 0 Å². The summed E-state index contributed by atoms with van der Waals surface area (Å²) in [5, 5.41) is 5.66. The van der Waals surface area contributed by atoms with Crippen molar-refractivity contribution < 1.29 is 9.59 Å². The van der Waals surface area contributed by atoms with E-state index in [1.165, 1.54) is 11.8 Å². The minimum atomic E-state index is -0.367. The standard InChI is InChI=1S/C15H21N3O2S.ClH/c1-3-15(16,4-2)9-17-14(20)10-5-6-12-11(7-10)18-13(19)8-21-12;/h5-7H,3-4,8-9,16H2,1-2H3,(H,17,20)(H,18,19);1H. The minimum Gasteiger partial charge on any atom is -0.350 e. The summed E-state index contributed by atoms with van der Waals surface area (Å²) in [6.07, 6.45) is 1.61. The van der Waals surface area contributed by atoms with Crippen molar-refractivity contribution in [2.24, 2.45) is 5.73 Å². The van der Waals surface area contributed by atoms with Crippen LogP contribution in [-0.2, 0) is 4.79 Å². The van der Waals surface area contributed by atoms with Crippen LogP contribution >= 0.6 is 24.2 Å². The topological polar surface area (TPSA) is 84.2 Å². The number of fused-ring (bicyclic) bond motifs is 1. The summed E-state index contributed by atoms with van der Waals surface area (Å²) in [5.41, 5.74) is 7.05. The molecule has 122 valence electrons. The van der Waals surface area contributed by atoms with E-state index in [2.05, 4.69) is 10.6 Å². The molecule has 0 spiro atoms. The van der Waals surface area contributed by atoms with Gasteiger partial charge in [0.1, 0.15) is 0 Å². The van der Waals surface area contributed by atoms with Crippen LogP contribution in [0.4, 0.5) is 5.69 Å². The number of hydrogen-bond donors (Lipinski definition) is 3. The van der Waals surface area contributed by atoms with Crippen LogP contribution in [0.15, 0.2) is 23.1 Å². The predicted molar refractivity (Wildman–Crippen MR) is 92.9 cm³/mol. The first-order valence-corrected chi connectivity index (χ1v) is 8.10. The Hall–Kier alpha value is -1.24. The van der Waals surface area contributed by atoms with Crippen LogP contribution in [0.3, 0.4) is 0 Å². The number of thioether (sulfide) groups is 1. The lowest BCUT2D eigenvalue weighted by Gasteiger charge is -2.27. The maximum Gasteiger partial charge on any atom is 0.251 e. The number of nitrogens with two attached hydrogens (primary N) is 1. The van der Waals surface area contributed by atoms with Gasteiger partial charge in [-0.3, -0.25) is 9.59 Å². The number of carbonyl (C=O) groups is 2. The summed E-state index contributed by atoms with van der Waals surface area (Å²) < 4.78 is 0. The molecule has 0 saturated heterocycles. The monoisotopic (exact) mass is 343 g/mol. The first kappa shape index (κ1) is 18.8. The molecule has 7 heteroatoms. The molecule has 5 nitrogen and oxygen atoms in total. The number of anilines is 1. The number of carbonyl (C=O) groups excluding carboxylic acids is 2. The largest absolute Gasteiger partial charge is 0.350 e. The lowest BCUT2D eigenvalue weighted by Crippen LogP contribution is -2.49. The number of hydrogen-bond acceptors (Lipinski definition) is 4. The molecule has 0 radical (unpaired) electrons. The summed E-state index contributed by atoms with van der Waals surface area (Å²) in [5.74, 6) is 0.212. The van der Waals surface area contributed by atoms with Crippen LogP contribution in [-0.4, -0.2) is 29.7 Å². The lowest BCUT2D eigenvalue weighted by atomic mass is 9.94. The van der Waals surface area contributed by atoms with Crippen LogP contribution < -0.4 is 16.4 Å². The zero-order valence-electron chi connectivity index (χ0n) is 12.8. The molecular weight excluding hydrogens is 322 g/mol. The summed E-state index contributed by atoms with van der Waals surface area (Å²) in [7, 11) is 0. The second kappa shape index (κ2) is 7.85. The van der Waals surface area contributed by atoms with Crippen molar-refractivity contribution in [3.05, 3.63) is 23.8 Å². The third-order valence-electron chi connectivity index (χ3n) is 3.88. The molecule has 2 amide bonds. The van der Waals surface area contributed by atoms with E-state index in [4.69, 9.17) is 5.73 Å². The first-order chi connectivity index (χ1) is 9.97. The molecule has 0 atom stereocenters. The fourth-order valence-electron chi connectivity index (χ4n) is 2.08. The van der Waals surface area contributed by atoms with E-state index in [0.717, 1.165) is 17.7 Å².